The van der Waals surface area contributed by atoms with E-state index in [1.54, 1.807) is 6.07 Å². The Bertz CT molecular complexity index is 953. The third-order valence-electron chi connectivity index (χ3n) is 3.79. The molecule has 0 aliphatic heterocycles. The zero-order valence-electron chi connectivity index (χ0n) is 14.3. The molecule has 0 saturated carbocycles. The number of amides is 1. The van der Waals surface area contributed by atoms with Crippen molar-refractivity contribution in [2.45, 2.75) is 20.5 Å². The molecule has 2 aromatic carbocycles. The first-order valence-corrected chi connectivity index (χ1v) is 8.84. The van der Waals surface area contributed by atoms with Gasteiger partial charge in [-0.2, -0.15) is 0 Å². The summed E-state index contributed by atoms with van der Waals surface area (Å²) in [4.78, 5) is 12.6. The molecule has 6 heteroatoms. The molecular weight excluding hydrogens is 356 g/mol. The van der Waals surface area contributed by atoms with Crippen molar-refractivity contribution >= 4 is 22.9 Å². The number of nitrogens with one attached hydrogen (secondary N) is 1. The summed E-state index contributed by atoms with van der Waals surface area (Å²) in [6, 6.07) is 10.6. The quantitative estimate of drug-likeness (QED) is 0.644. The molecule has 1 heterocycles. The Labute approximate surface area is 154 Å². The smallest absolute Gasteiger partial charge is 0.265 e. The summed E-state index contributed by atoms with van der Waals surface area (Å²) in [6.45, 7) is 4.28. The summed E-state index contributed by atoms with van der Waals surface area (Å²) < 4.78 is 32.6. The van der Waals surface area contributed by atoms with E-state index in [0.717, 1.165) is 40.6 Å². The first-order valence-electron chi connectivity index (χ1n) is 7.96. The second-order valence-electron chi connectivity index (χ2n) is 5.96. The number of halogens is 2. The third-order valence-corrected chi connectivity index (χ3v) is 4.77. The highest BCUT2D eigenvalue weighted by Gasteiger charge is 2.13. The highest BCUT2D eigenvalue weighted by molar-refractivity contribution is 7.12. The zero-order valence-corrected chi connectivity index (χ0v) is 15.1. The molecule has 0 spiro atoms. The number of aryl methyl sites for hydroxylation is 2. The molecule has 0 bridgehead atoms. The van der Waals surface area contributed by atoms with E-state index in [0.29, 0.717) is 11.5 Å². The molecule has 0 fully saturated rings. The van der Waals surface area contributed by atoms with Gasteiger partial charge in [0.1, 0.15) is 24.0 Å². The predicted octanol–water partition coefficient (Wildman–Crippen LogP) is 5.47. The molecule has 1 amide bonds. The molecule has 0 radical (unpaired) electrons. The van der Waals surface area contributed by atoms with Crippen molar-refractivity contribution in [2.24, 2.45) is 0 Å². The summed E-state index contributed by atoms with van der Waals surface area (Å²) in [7, 11) is 0. The maximum atomic E-state index is 13.6. The lowest BCUT2D eigenvalue weighted by atomic mass is 10.1. The predicted molar refractivity (Wildman–Crippen MR) is 98.9 cm³/mol. The van der Waals surface area contributed by atoms with Crippen molar-refractivity contribution in [3.63, 3.8) is 0 Å². The summed E-state index contributed by atoms with van der Waals surface area (Å²) in [6.07, 6.45) is 0. The lowest BCUT2D eigenvalue weighted by Crippen LogP contribution is -2.11. The highest BCUT2D eigenvalue weighted by Crippen LogP contribution is 2.23. The Kier molecular flexibility index (Phi) is 5.32. The number of hydrogen-bond donors (Lipinski definition) is 1. The van der Waals surface area contributed by atoms with Gasteiger partial charge in [0, 0.05) is 11.6 Å². The molecule has 3 aromatic rings. The van der Waals surface area contributed by atoms with Gasteiger partial charge in [-0.15, -0.1) is 11.3 Å². The van der Waals surface area contributed by atoms with Crippen LogP contribution < -0.4 is 10.1 Å². The van der Waals surface area contributed by atoms with Crippen LogP contribution in [0, 0.1) is 25.5 Å². The lowest BCUT2D eigenvalue weighted by molar-refractivity contribution is 0.103. The fourth-order valence-electron chi connectivity index (χ4n) is 2.37. The van der Waals surface area contributed by atoms with Gasteiger partial charge >= 0.3 is 0 Å². The number of rotatable bonds is 5. The molecule has 26 heavy (non-hydrogen) atoms. The van der Waals surface area contributed by atoms with Crippen molar-refractivity contribution in [3.8, 4) is 5.75 Å². The van der Waals surface area contributed by atoms with Crippen molar-refractivity contribution in [1.29, 1.82) is 0 Å². The van der Waals surface area contributed by atoms with Gasteiger partial charge in [-0.05, 0) is 54.6 Å². The average molecular weight is 373 g/mol. The van der Waals surface area contributed by atoms with Crippen LogP contribution in [0.25, 0.3) is 0 Å². The Hall–Kier alpha value is -2.73. The summed E-state index contributed by atoms with van der Waals surface area (Å²) in [5, 5.41) is 4.19. The Morgan fingerprint density at radius 2 is 1.92 bits per heavy atom. The van der Waals surface area contributed by atoms with Crippen molar-refractivity contribution < 1.29 is 18.3 Å². The minimum Gasteiger partial charge on any atom is -0.489 e. The first kappa shape index (κ1) is 18.1. The Morgan fingerprint density at radius 1 is 1.12 bits per heavy atom. The SMILES string of the molecule is Cc1ccc(C)c(OCc2csc(C(=O)Nc3cc(F)ccc3F)c2)c1. The van der Waals surface area contributed by atoms with Crippen molar-refractivity contribution in [3.05, 3.63) is 81.0 Å². The molecule has 0 aliphatic carbocycles. The maximum absolute atomic E-state index is 13.6. The summed E-state index contributed by atoms with van der Waals surface area (Å²) in [5.41, 5.74) is 2.79. The number of benzene rings is 2. The van der Waals surface area contributed by atoms with E-state index in [-0.39, 0.29) is 5.69 Å². The van der Waals surface area contributed by atoms with Gasteiger partial charge in [0.2, 0.25) is 0 Å². The van der Waals surface area contributed by atoms with Crippen LogP contribution in [0.2, 0.25) is 0 Å². The Balaban J connectivity index is 1.66. The molecule has 0 saturated heterocycles. The van der Waals surface area contributed by atoms with E-state index >= 15 is 0 Å². The second-order valence-corrected chi connectivity index (χ2v) is 6.87. The van der Waals surface area contributed by atoms with E-state index in [4.69, 9.17) is 4.74 Å². The topological polar surface area (TPSA) is 38.3 Å². The Morgan fingerprint density at radius 3 is 2.73 bits per heavy atom. The minimum atomic E-state index is -0.685. The normalized spacial score (nSPS) is 10.6. The molecular formula is C20H17F2NO2S. The number of carbonyl (C=O) groups is 1. The van der Waals surface area contributed by atoms with Crippen LogP contribution in [0.5, 0.6) is 5.75 Å². The van der Waals surface area contributed by atoms with Crippen molar-refractivity contribution in [2.75, 3.05) is 5.32 Å². The van der Waals surface area contributed by atoms with Crippen LogP contribution in [0.1, 0.15) is 26.4 Å². The van der Waals surface area contributed by atoms with E-state index in [1.807, 2.05) is 37.4 Å². The van der Waals surface area contributed by atoms with Crippen molar-refractivity contribution in [1.82, 2.24) is 0 Å². The van der Waals surface area contributed by atoms with Gasteiger partial charge in [-0.3, -0.25) is 4.79 Å². The third kappa shape index (κ3) is 4.26. The van der Waals surface area contributed by atoms with Crippen LogP contribution in [0.15, 0.2) is 47.8 Å². The number of thiophene rings is 1. The van der Waals surface area contributed by atoms with E-state index in [1.165, 1.54) is 11.3 Å². The van der Waals surface area contributed by atoms with Gasteiger partial charge in [0.15, 0.2) is 0 Å². The maximum Gasteiger partial charge on any atom is 0.265 e. The van der Waals surface area contributed by atoms with Gasteiger partial charge in [0.05, 0.1) is 10.6 Å². The van der Waals surface area contributed by atoms with Gasteiger partial charge < -0.3 is 10.1 Å². The van der Waals surface area contributed by atoms with E-state index in [2.05, 4.69) is 5.32 Å². The number of carbonyl (C=O) groups excluding carboxylic acids is 1. The van der Waals surface area contributed by atoms with E-state index < -0.39 is 17.5 Å². The van der Waals surface area contributed by atoms with E-state index in [9.17, 15) is 13.6 Å². The first-order chi connectivity index (χ1) is 12.4. The molecule has 1 aromatic heterocycles. The molecule has 134 valence electrons. The molecule has 0 atom stereocenters. The number of anilines is 1. The molecule has 0 aliphatic rings. The second kappa shape index (κ2) is 7.66. The minimum absolute atomic E-state index is 0.184. The fraction of sp³-hybridized carbons (Fsp3) is 0.150. The van der Waals surface area contributed by atoms with Gasteiger partial charge in [0.25, 0.3) is 5.91 Å². The molecule has 3 nitrogen and oxygen atoms in total. The van der Waals surface area contributed by atoms with Crippen LogP contribution in [-0.4, -0.2) is 5.91 Å². The molecule has 3 rings (SSSR count). The average Bonchev–Trinajstić information content (AvgIpc) is 3.08. The lowest BCUT2D eigenvalue weighted by Gasteiger charge is -2.09. The van der Waals surface area contributed by atoms with Crippen LogP contribution in [0.3, 0.4) is 0 Å². The standard InChI is InChI=1S/C20H17F2NO2S/c1-12-3-4-13(2)18(7-12)25-10-14-8-19(26-11-14)20(24)23-17-9-15(21)5-6-16(17)22/h3-9,11H,10H2,1-2H3,(H,23,24). The monoisotopic (exact) mass is 373 g/mol. The molecule has 1 N–H and O–H groups in total. The van der Waals surface area contributed by atoms with Crippen LogP contribution >= 0.6 is 11.3 Å². The van der Waals surface area contributed by atoms with Crippen LogP contribution in [-0.2, 0) is 6.61 Å². The molecule has 0 unspecified atom stereocenters. The number of ether oxygens (including phenoxy) is 1. The van der Waals surface area contributed by atoms with Gasteiger partial charge in [-0.1, -0.05) is 12.1 Å². The summed E-state index contributed by atoms with van der Waals surface area (Å²) >= 11 is 1.22. The zero-order chi connectivity index (χ0) is 18.7. The van der Waals surface area contributed by atoms with Crippen LogP contribution in [0.4, 0.5) is 14.5 Å². The largest absolute Gasteiger partial charge is 0.489 e. The number of hydrogen-bond acceptors (Lipinski definition) is 3. The highest BCUT2D eigenvalue weighted by atomic mass is 32.1. The van der Waals surface area contributed by atoms with Gasteiger partial charge in [-0.25, -0.2) is 8.78 Å². The summed E-state index contributed by atoms with van der Waals surface area (Å²) in [5.74, 6) is -0.994. The fourth-order valence-corrected chi connectivity index (χ4v) is 3.16.